The van der Waals surface area contributed by atoms with Crippen molar-refractivity contribution in [2.75, 3.05) is 0 Å². The van der Waals surface area contributed by atoms with Gasteiger partial charge >= 0.3 is 0 Å². The van der Waals surface area contributed by atoms with Crippen LogP contribution in [0.4, 0.5) is 0 Å². The maximum Gasteiger partial charge on any atom is 0.260 e. The van der Waals surface area contributed by atoms with Gasteiger partial charge in [-0.1, -0.05) is 5.16 Å². The first kappa shape index (κ1) is 10.9. The van der Waals surface area contributed by atoms with Gasteiger partial charge in [0.2, 0.25) is 0 Å². The summed E-state index contributed by atoms with van der Waals surface area (Å²) < 4.78 is 5.03. The first-order chi connectivity index (χ1) is 8.66. The second-order valence-corrected chi connectivity index (χ2v) is 4.36. The molecule has 0 spiro atoms. The third-order valence-electron chi connectivity index (χ3n) is 3.12. The van der Waals surface area contributed by atoms with Crippen molar-refractivity contribution in [2.45, 2.75) is 26.9 Å². The van der Waals surface area contributed by atoms with Gasteiger partial charge in [0.1, 0.15) is 17.7 Å². The molecule has 1 amide bonds. The minimum Gasteiger partial charge on any atom is -0.361 e. The molecule has 0 radical (unpaired) electrons. The maximum absolute atomic E-state index is 12.4. The molecule has 0 bridgehead atoms. The van der Waals surface area contributed by atoms with E-state index in [1.807, 2.05) is 0 Å². The van der Waals surface area contributed by atoms with E-state index in [9.17, 15) is 4.79 Å². The van der Waals surface area contributed by atoms with E-state index < -0.39 is 0 Å². The molecule has 0 unspecified atom stereocenters. The summed E-state index contributed by atoms with van der Waals surface area (Å²) >= 11 is 0. The van der Waals surface area contributed by atoms with E-state index in [4.69, 9.17) is 4.52 Å². The SMILES string of the molecule is Cc1noc(C)c1C(=O)N1Cc2cncnc2C1. The number of rotatable bonds is 1. The largest absolute Gasteiger partial charge is 0.361 e. The minimum atomic E-state index is -0.0655. The van der Waals surface area contributed by atoms with Crippen molar-refractivity contribution in [1.82, 2.24) is 20.0 Å². The number of hydrogen-bond donors (Lipinski definition) is 0. The second kappa shape index (κ2) is 3.90. The molecule has 3 rings (SSSR count). The van der Waals surface area contributed by atoms with E-state index in [1.165, 1.54) is 6.33 Å². The van der Waals surface area contributed by atoms with Crippen LogP contribution in [0, 0.1) is 13.8 Å². The van der Waals surface area contributed by atoms with Crippen LogP contribution in [0.3, 0.4) is 0 Å². The first-order valence-corrected chi connectivity index (χ1v) is 5.66. The molecule has 0 saturated heterocycles. The molecule has 1 aliphatic heterocycles. The van der Waals surface area contributed by atoms with Gasteiger partial charge in [-0.15, -0.1) is 0 Å². The third-order valence-corrected chi connectivity index (χ3v) is 3.12. The molecule has 92 valence electrons. The lowest BCUT2D eigenvalue weighted by Crippen LogP contribution is -2.26. The standard InChI is InChI=1S/C12H12N4O2/c1-7-11(8(2)18-15-7)12(17)16-4-9-3-13-6-14-10(9)5-16/h3,6H,4-5H2,1-2H3. The molecule has 18 heavy (non-hydrogen) atoms. The summed E-state index contributed by atoms with van der Waals surface area (Å²) in [4.78, 5) is 22.3. The summed E-state index contributed by atoms with van der Waals surface area (Å²) in [6.45, 7) is 4.57. The topological polar surface area (TPSA) is 72.1 Å². The molecule has 0 saturated carbocycles. The van der Waals surface area contributed by atoms with Crippen molar-refractivity contribution in [3.8, 4) is 0 Å². The number of nitrogens with zero attached hydrogens (tertiary/aromatic N) is 4. The molecule has 0 aliphatic carbocycles. The number of hydrogen-bond acceptors (Lipinski definition) is 5. The zero-order valence-corrected chi connectivity index (χ0v) is 10.2. The van der Waals surface area contributed by atoms with Crippen LogP contribution in [0.5, 0.6) is 0 Å². The Bertz CT molecular complexity index is 576. The fourth-order valence-corrected chi connectivity index (χ4v) is 2.19. The molecule has 2 aromatic heterocycles. The van der Waals surface area contributed by atoms with Crippen molar-refractivity contribution in [1.29, 1.82) is 0 Å². The van der Waals surface area contributed by atoms with Gasteiger partial charge in [0.05, 0.1) is 17.9 Å². The van der Waals surface area contributed by atoms with E-state index in [2.05, 4.69) is 15.1 Å². The van der Waals surface area contributed by atoms with Crippen LogP contribution in [0.15, 0.2) is 17.0 Å². The van der Waals surface area contributed by atoms with E-state index >= 15 is 0 Å². The third kappa shape index (κ3) is 1.57. The van der Waals surface area contributed by atoms with E-state index in [-0.39, 0.29) is 5.91 Å². The van der Waals surface area contributed by atoms with Gasteiger partial charge in [-0.05, 0) is 13.8 Å². The minimum absolute atomic E-state index is 0.0655. The predicted octanol–water partition coefficient (Wildman–Crippen LogP) is 1.24. The summed E-state index contributed by atoms with van der Waals surface area (Å²) in [6.07, 6.45) is 3.26. The van der Waals surface area contributed by atoms with Crippen LogP contribution in [-0.2, 0) is 13.1 Å². The second-order valence-electron chi connectivity index (χ2n) is 4.36. The average molecular weight is 244 g/mol. The number of fused-ring (bicyclic) bond motifs is 1. The highest BCUT2D eigenvalue weighted by atomic mass is 16.5. The molecule has 0 N–H and O–H groups in total. The lowest BCUT2D eigenvalue weighted by atomic mass is 10.2. The number of aryl methyl sites for hydroxylation is 2. The highest BCUT2D eigenvalue weighted by Crippen LogP contribution is 2.23. The Labute approximate surface area is 104 Å². The van der Waals surface area contributed by atoms with Crippen molar-refractivity contribution in [3.63, 3.8) is 0 Å². The van der Waals surface area contributed by atoms with Crippen molar-refractivity contribution in [2.24, 2.45) is 0 Å². The van der Waals surface area contributed by atoms with Gasteiger partial charge in [0.15, 0.2) is 0 Å². The van der Waals surface area contributed by atoms with Crippen molar-refractivity contribution in [3.05, 3.63) is 40.8 Å². The van der Waals surface area contributed by atoms with Crippen LogP contribution in [0.2, 0.25) is 0 Å². The summed E-state index contributed by atoms with van der Waals surface area (Å²) in [6, 6.07) is 0. The van der Waals surface area contributed by atoms with Gasteiger partial charge in [-0.3, -0.25) is 4.79 Å². The molecular weight excluding hydrogens is 232 g/mol. The van der Waals surface area contributed by atoms with Crippen molar-refractivity contribution < 1.29 is 9.32 Å². The Hall–Kier alpha value is -2.24. The van der Waals surface area contributed by atoms with Gasteiger partial charge in [0.25, 0.3) is 5.91 Å². The Morgan fingerprint density at radius 2 is 2.22 bits per heavy atom. The number of aromatic nitrogens is 3. The van der Waals surface area contributed by atoms with Crippen LogP contribution in [0.1, 0.15) is 33.1 Å². The molecule has 2 aromatic rings. The van der Waals surface area contributed by atoms with Crippen LogP contribution < -0.4 is 0 Å². The van der Waals surface area contributed by atoms with Gasteiger partial charge in [-0.25, -0.2) is 9.97 Å². The van der Waals surface area contributed by atoms with Gasteiger partial charge in [0, 0.05) is 18.3 Å². The monoisotopic (exact) mass is 244 g/mol. The highest BCUT2D eigenvalue weighted by Gasteiger charge is 2.28. The predicted molar refractivity (Wildman–Crippen MR) is 61.6 cm³/mol. The van der Waals surface area contributed by atoms with Crippen LogP contribution >= 0.6 is 0 Å². The smallest absolute Gasteiger partial charge is 0.260 e. The molecule has 6 nitrogen and oxygen atoms in total. The van der Waals surface area contributed by atoms with Gasteiger partial charge in [-0.2, -0.15) is 0 Å². The molecule has 0 fully saturated rings. The average Bonchev–Trinajstić information content (AvgIpc) is 2.92. The number of carbonyl (C=O) groups is 1. The van der Waals surface area contributed by atoms with Crippen molar-refractivity contribution >= 4 is 5.91 Å². The Morgan fingerprint density at radius 3 is 2.89 bits per heavy atom. The normalized spacial score (nSPS) is 13.8. The first-order valence-electron chi connectivity index (χ1n) is 5.66. The Balaban J connectivity index is 1.89. The fourth-order valence-electron chi connectivity index (χ4n) is 2.19. The quantitative estimate of drug-likeness (QED) is 0.754. The zero-order valence-electron chi connectivity index (χ0n) is 10.2. The number of amides is 1. The molecular formula is C12H12N4O2. The molecule has 0 atom stereocenters. The summed E-state index contributed by atoms with van der Waals surface area (Å²) in [7, 11) is 0. The summed E-state index contributed by atoms with van der Waals surface area (Å²) in [5.41, 5.74) is 3.08. The fraction of sp³-hybridized carbons (Fsp3) is 0.333. The highest BCUT2D eigenvalue weighted by molar-refractivity contribution is 5.96. The lowest BCUT2D eigenvalue weighted by Gasteiger charge is -2.14. The molecule has 0 aromatic carbocycles. The summed E-state index contributed by atoms with van der Waals surface area (Å²) in [5.74, 6) is 0.490. The summed E-state index contributed by atoms with van der Waals surface area (Å²) in [5, 5.41) is 3.81. The zero-order chi connectivity index (χ0) is 12.7. The molecule has 1 aliphatic rings. The van der Waals surface area contributed by atoms with E-state index in [0.717, 1.165) is 11.3 Å². The van der Waals surface area contributed by atoms with E-state index in [1.54, 1.807) is 24.9 Å². The van der Waals surface area contributed by atoms with E-state index in [0.29, 0.717) is 30.1 Å². The maximum atomic E-state index is 12.4. The van der Waals surface area contributed by atoms with Crippen LogP contribution in [0.25, 0.3) is 0 Å². The Morgan fingerprint density at radius 1 is 1.39 bits per heavy atom. The number of carbonyl (C=O) groups excluding carboxylic acids is 1. The Kier molecular flexibility index (Phi) is 2.36. The molecule has 3 heterocycles. The molecule has 6 heteroatoms. The van der Waals surface area contributed by atoms with Gasteiger partial charge < -0.3 is 9.42 Å². The van der Waals surface area contributed by atoms with Crippen LogP contribution in [-0.4, -0.2) is 25.9 Å². The lowest BCUT2D eigenvalue weighted by molar-refractivity contribution is 0.0748.